The second-order valence-electron chi connectivity index (χ2n) is 5.22. The Labute approximate surface area is 135 Å². The second-order valence-corrected chi connectivity index (χ2v) is 5.22. The van der Waals surface area contributed by atoms with Crippen molar-refractivity contribution in [1.82, 2.24) is 5.32 Å². The van der Waals surface area contributed by atoms with E-state index in [2.05, 4.69) is 5.32 Å². The van der Waals surface area contributed by atoms with Crippen LogP contribution in [-0.2, 0) is 11.3 Å². The van der Waals surface area contributed by atoms with E-state index >= 15 is 0 Å². The standard InChI is InChI=1S/C18H20FNO3/c1-12(15-8-9-17(23-3)16(19)10-15)20-18(21)14-6-4-13(5-7-14)11-22-2/h4-10,12H,11H2,1-3H3,(H,20,21)/t12-/m0/s1. The fraction of sp³-hybridized carbons (Fsp3) is 0.278. The van der Waals surface area contributed by atoms with Gasteiger partial charge in [0.25, 0.3) is 5.91 Å². The van der Waals surface area contributed by atoms with Crippen LogP contribution < -0.4 is 10.1 Å². The number of hydrogen-bond donors (Lipinski definition) is 1. The molecule has 5 heteroatoms. The third-order valence-electron chi connectivity index (χ3n) is 3.55. The first-order valence-electron chi connectivity index (χ1n) is 7.27. The van der Waals surface area contributed by atoms with Gasteiger partial charge in [0, 0.05) is 12.7 Å². The number of nitrogens with one attached hydrogen (secondary N) is 1. The fourth-order valence-electron chi connectivity index (χ4n) is 2.23. The van der Waals surface area contributed by atoms with Crippen molar-refractivity contribution in [2.45, 2.75) is 19.6 Å². The molecule has 0 aliphatic carbocycles. The van der Waals surface area contributed by atoms with Crippen molar-refractivity contribution in [3.63, 3.8) is 0 Å². The largest absolute Gasteiger partial charge is 0.494 e. The van der Waals surface area contributed by atoms with Gasteiger partial charge in [-0.25, -0.2) is 4.39 Å². The lowest BCUT2D eigenvalue weighted by atomic mass is 10.1. The lowest BCUT2D eigenvalue weighted by Gasteiger charge is -2.15. The van der Waals surface area contributed by atoms with Gasteiger partial charge in [-0.2, -0.15) is 0 Å². The maximum Gasteiger partial charge on any atom is 0.251 e. The third-order valence-corrected chi connectivity index (χ3v) is 3.55. The molecule has 23 heavy (non-hydrogen) atoms. The molecule has 0 aliphatic heterocycles. The van der Waals surface area contributed by atoms with Gasteiger partial charge in [0.2, 0.25) is 0 Å². The van der Waals surface area contributed by atoms with Crippen molar-refractivity contribution in [3.05, 3.63) is 65.0 Å². The monoisotopic (exact) mass is 317 g/mol. The Morgan fingerprint density at radius 3 is 2.43 bits per heavy atom. The summed E-state index contributed by atoms with van der Waals surface area (Å²) in [5, 5.41) is 2.85. The molecule has 0 heterocycles. The van der Waals surface area contributed by atoms with E-state index in [9.17, 15) is 9.18 Å². The molecule has 122 valence electrons. The van der Waals surface area contributed by atoms with Crippen LogP contribution in [-0.4, -0.2) is 20.1 Å². The van der Waals surface area contributed by atoms with Gasteiger partial charge in [-0.05, 0) is 42.3 Å². The molecule has 0 bridgehead atoms. The molecule has 0 unspecified atom stereocenters. The number of amides is 1. The lowest BCUT2D eigenvalue weighted by Crippen LogP contribution is -2.26. The zero-order valence-electron chi connectivity index (χ0n) is 13.4. The zero-order chi connectivity index (χ0) is 16.8. The van der Waals surface area contributed by atoms with Gasteiger partial charge in [0.15, 0.2) is 11.6 Å². The molecule has 2 aromatic carbocycles. The third kappa shape index (κ3) is 4.29. The van der Waals surface area contributed by atoms with Gasteiger partial charge < -0.3 is 14.8 Å². The summed E-state index contributed by atoms with van der Waals surface area (Å²) in [5.41, 5.74) is 2.22. The fourth-order valence-corrected chi connectivity index (χ4v) is 2.23. The van der Waals surface area contributed by atoms with Crippen molar-refractivity contribution < 1.29 is 18.7 Å². The van der Waals surface area contributed by atoms with E-state index in [1.807, 2.05) is 12.1 Å². The number of carbonyl (C=O) groups excluding carboxylic acids is 1. The highest BCUT2D eigenvalue weighted by Gasteiger charge is 2.13. The molecule has 4 nitrogen and oxygen atoms in total. The molecule has 1 atom stereocenters. The van der Waals surface area contributed by atoms with Gasteiger partial charge in [-0.1, -0.05) is 18.2 Å². The van der Waals surface area contributed by atoms with E-state index in [4.69, 9.17) is 9.47 Å². The van der Waals surface area contributed by atoms with E-state index in [1.165, 1.54) is 13.2 Å². The molecule has 2 rings (SSSR count). The molecule has 1 amide bonds. The highest BCUT2D eigenvalue weighted by atomic mass is 19.1. The summed E-state index contributed by atoms with van der Waals surface area (Å²) in [5.74, 6) is -0.478. The average molecular weight is 317 g/mol. The quantitative estimate of drug-likeness (QED) is 0.887. The predicted molar refractivity (Wildman–Crippen MR) is 86.0 cm³/mol. The van der Waals surface area contributed by atoms with E-state index in [0.717, 1.165) is 5.56 Å². The number of benzene rings is 2. The number of methoxy groups -OCH3 is 2. The number of rotatable bonds is 6. The Balaban J connectivity index is 2.05. The van der Waals surface area contributed by atoms with E-state index in [0.29, 0.717) is 17.7 Å². The van der Waals surface area contributed by atoms with Gasteiger partial charge in [0.1, 0.15) is 0 Å². The molecule has 0 saturated heterocycles. The van der Waals surface area contributed by atoms with Crippen LogP contribution >= 0.6 is 0 Å². The zero-order valence-corrected chi connectivity index (χ0v) is 13.4. The molecular formula is C18H20FNO3. The SMILES string of the molecule is COCc1ccc(C(=O)N[C@@H](C)c2ccc(OC)c(F)c2)cc1. The first-order chi connectivity index (χ1) is 11.0. The summed E-state index contributed by atoms with van der Waals surface area (Å²) in [6, 6.07) is 11.5. The highest BCUT2D eigenvalue weighted by molar-refractivity contribution is 5.94. The number of halogens is 1. The van der Waals surface area contributed by atoms with Crippen LogP contribution in [0.3, 0.4) is 0 Å². The van der Waals surface area contributed by atoms with Crippen molar-refractivity contribution in [2.75, 3.05) is 14.2 Å². The van der Waals surface area contributed by atoms with Crippen molar-refractivity contribution in [2.24, 2.45) is 0 Å². The molecule has 2 aromatic rings. The minimum Gasteiger partial charge on any atom is -0.494 e. The van der Waals surface area contributed by atoms with Crippen LogP contribution in [0.1, 0.15) is 34.5 Å². The van der Waals surface area contributed by atoms with Gasteiger partial charge in [-0.15, -0.1) is 0 Å². The van der Waals surface area contributed by atoms with Gasteiger partial charge in [-0.3, -0.25) is 4.79 Å². The Morgan fingerprint density at radius 1 is 1.17 bits per heavy atom. The Bertz CT molecular complexity index is 670. The summed E-state index contributed by atoms with van der Waals surface area (Å²) < 4.78 is 23.7. The van der Waals surface area contributed by atoms with Crippen LogP contribution in [0.5, 0.6) is 5.75 Å². The van der Waals surface area contributed by atoms with Crippen LogP contribution in [0.4, 0.5) is 4.39 Å². The van der Waals surface area contributed by atoms with E-state index in [-0.39, 0.29) is 17.7 Å². The Hall–Kier alpha value is -2.40. The maximum absolute atomic E-state index is 13.7. The number of hydrogen-bond acceptors (Lipinski definition) is 3. The van der Waals surface area contributed by atoms with Crippen LogP contribution in [0, 0.1) is 5.82 Å². The molecule has 0 aliphatic rings. The van der Waals surface area contributed by atoms with Crippen LogP contribution in [0.2, 0.25) is 0 Å². The molecule has 0 aromatic heterocycles. The highest BCUT2D eigenvalue weighted by Crippen LogP contribution is 2.22. The Kier molecular flexibility index (Phi) is 5.71. The van der Waals surface area contributed by atoms with Crippen molar-refractivity contribution >= 4 is 5.91 Å². The summed E-state index contributed by atoms with van der Waals surface area (Å²) in [7, 11) is 3.03. The van der Waals surface area contributed by atoms with Crippen molar-refractivity contribution in [1.29, 1.82) is 0 Å². The molecule has 0 fully saturated rings. The van der Waals surface area contributed by atoms with Crippen LogP contribution in [0.25, 0.3) is 0 Å². The lowest BCUT2D eigenvalue weighted by molar-refractivity contribution is 0.0939. The Morgan fingerprint density at radius 2 is 1.87 bits per heavy atom. The summed E-state index contributed by atoms with van der Waals surface area (Å²) in [4.78, 5) is 12.2. The minimum absolute atomic E-state index is 0.181. The first-order valence-corrected chi connectivity index (χ1v) is 7.27. The summed E-state index contributed by atoms with van der Waals surface area (Å²) >= 11 is 0. The first kappa shape index (κ1) is 17.0. The van der Waals surface area contributed by atoms with Gasteiger partial charge in [0.05, 0.1) is 19.8 Å². The molecule has 0 spiro atoms. The maximum atomic E-state index is 13.7. The molecule has 0 saturated carbocycles. The predicted octanol–water partition coefficient (Wildman–Crippen LogP) is 3.47. The average Bonchev–Trinajstić information content (AvgIpc) is 2.55. The molecule has 0 radical (unpaired) electrons. The van der Waals surface area contributed by atoms with Gasteiger partial charge >= 0.3 is 0 Å². The molecule has 1 N–H and O–H groups in total. The second kappa shape index (κ2) is 7.74. The number of carbonyl (C=O) groups is 1. The minimum atomic E-state index is -0.449. The topological polar surface area (TPSA) is 47.6 Å². The van der Waals surface area contributed by atoms with Crippen LogP contribution in [0.15, 0.2) is 42.5 Å². The van der Waals surface area contributed by atoms with Crippen molar-refractivity contribution in [3.8, 4) is 5.75 Å². The summed E-state index contributed by atoms with van der Waals surface area (Å²) in [6.45, 7) is 2.31. The number of ether oxygens (including phenoxy) is 2. The smallest absolute Gasteiger partial charge is 0.251 e. The summed E-state index contributed by atoms with van der Waals surface area (Å²) in [6.07, 6.45) is 0. The van der Waals surface area contributed by atoms with E-state index < -0.39 is 5.82 Å². The normalized spacial score (nSPS) is 11.8. The van der Waals surface area contributed by atoms with E-state index in [1.54, 1.807) is 38.3 Å². The molecular weight excluding hydrogens is 297 g/mol.